The highest BCUT2D eigenvalue weighted by molar-refractivity contribution is 6.12. The molecular weight excluding hydrogens is 526 g/mol. The quantitative estimate of drug-likeness (QED) is 0.162. The lowest BCUT2D eigenvalue weighted by molar-refractivity contribution is -0.131. The van der Waals surface area contributed by atoms with Gasteiger partial charge in [-0.3, -0.25) is 9.59 Å². The number of carbonyl (C=O) groups excluding carboxylic acids is 3. The molecule has 9 heteroatoms. The van der Waals surface area contributed by atoms with Crippen molar-refractivity contribution < 1.29 is 38.1 Å². The Morgan fingerprint density at radius 2 is 1.78 bits per heavy atom. The lowest BCUT2D eigenvalue weighted by Gasteiger charge is -2.22. The summed E-state index contributed by atoms with van der Waals surface area (Å²) < 4.78 is 22.1. The number of Topliss-reactive ketones (excluding diaryl/α,β-unsaturated/α-hetero) is 1. The number of cyclic esters (lactones) is 1. The molecule has 0 bridgehead atoms. The predicted octanol–water partition coefficient (Wildman–Crippen LogP) is 4.62. The number of aliphatic hydroxyl groups is 1. The maximum absolute atomic E-state index is 13.5. The fourth-order valence-corrected chi connectivity index (χ4v) is 4.82. The third-order valence-electron chi connectivity index (χ3n) is 6.96. The number of aliphatic hydroxyl groups excluding tert-OH is 1. The van der Waals surface area contributed by atoms with Gasteiger partial charge >= 0.3 is 6.09 Å². The van der Waals surface area contributed by atoms with Gasteiger partial charge in [0.15, 0.2) is 5.76 Å². The van der Waals surface area contributed by atoms with E-state index in [0.717, 1.165) is 27.2 Å². The number of benzene rings is 2. The third-order valence-corrected chi connectivity index (χ3v) is 6.96. The van der Waals surface area contributed by atoms with Gasteiger partial charge in [0.25, 0.3) is 0 Å². The SMILES string of the molecule is Cc1cccc(-c2cc(C(=O)C(C)C(=O)N3C(=O)OCC3Cc3ccccc3)oc2CCCOCCOCCO)c1. The highest BCUT2D eigenvalue weighted by Gasteiger charge is 2.42. The average molecular weight is 564 g/mol. The first-order valence-corrected chi connectivity index (χ1v) is 13.9. The van der Waals surface area contributed by atoms with Gasteiger partial charge in [0.05, 0.1) is 32.5 Å². The number of carbonyl (C=O) groups is 3. The van der Waals surface area contributed by atoms with E-state index in [1.165, 1.54) is 6.92 Å². The van der Waals surface area contributed by atoms with Crippen molar-refractivity contribution in [3.8, 4) is 11.1 Å². The van der Waals surface area contributed by atoms with Gasteiger partial charge < -0.3 is 23.7 Å². The average Bonchev–Trinajstić information content (AvgIpc) is 3.57. The van der Waals surface area contributed by atoms with Crippen LogP contribution in [0.2, 0.25) is 0 Å². The first-order valence-electron chi connectivity index (χ1n) is 13.9. The number of ether oxygens (including phenoxy) is 3. The van der Waals surface area contributed by atoms with E-state index < -0.39 is 29.7 Å². The molecule has 1 saturated heterocycles. The van der Waals surface area contributed by atoms with Crippen LogP contribution >= 0.6 is 0 Å². The summed E-state index contributed by atoms with van der Waals surface area (Å²) in [6.45, 7) is 5.10. The van der Waals surface area contributed by atoms with Crippen molar-refractivity contribution >= 4 is 17.8 Å². The number of ketones is 1. The number of amides is 2. The van der Waals surface area contributed by atoms with Gasteiger partial charge in [-0.15, -0.1) is 0 Å². The van der Waals surface area contributed by atoms with Crippen LogP contribution in [0.1, 0.15) is 40.8 Å². The Balaban J connectivity index is 1.47. The molecule has 0 spiro atoms. The Kier molecular flexibility index (Phi) is 10.8. The summed E-state index contributed by atoms with van der Waals surface area (Å²) in [4.78, 5) is 40.6. The van der Waals surface area contributed by atoms with Crippen molar-refractivity contribution in [2.75, 3.05) is 39.6 Å². The van der Waals surface area contributed by atoms with Crippen molar-refractivity contribution in [1.29, 1.82) is 0 Å². The zero-order valence-electron chi connectivity index (χ0n) is 23.5. The van der Waals surface area contributed by atoms with Crippen molar-refractivity contribution in [3.05, 3.63) is 83.3 Å². The molecule has 9 nitrogen and oxygen atoms in total. The Labute approximate surface area is 240 Å². The first-order chi connectivity index (χ1) is 19.9. The topological polar surface area (TPSA) is 116 Å². The molecule has 4 rings (SSSR count). The molecule has 1 aliphatic rings. The molecule has 1 aromatic heterocycles. The van der Waals surface area contributed by atoms with Gasteiger partial charge in [-0.05, 0) is 43.9 Å². The molecule has 2 unspecified atom stereocenters. The number of hydrogen-bond donors (Lipinski definition) is 1. The minimum Gasteiger partial charge on any atom is -0.457 e. The molecular formula is C32H37NO8. The van der Waals surface area contributed by atoms with Crippen LogP contribution in [0, 0.1) is 12.8 Å². The number of aryl methyl sites for hydroxylation is 2. The molecule has 41 heavy (non-hydrogen) atoms. The second kappa shape index (κ2) is 14.7. The van der Waals surface area contributed by atoms with E-state index in [2.05, 4.69) is 0 Å². The smallest absolute Gasteiger partial charge is 0.417 e. The first kappa shape index (κ1) is 30.2. The molecule has 2 atom stereocenters. The normalized spacial score (nSPS) is 15.6. The van der Waals surface area contributed by atoms with E-state index in [1.54, 1.807) is 6.07 Å². The highest BCUT2D eigenvalue weighted by Crippen LogP contribution is 2.31. The van der Waals surface area contributed by atoms with Gasteiger partial charge in [-0.2, -0.15) is 0 Å². The molecule has 0 saturated carbocycles. The van der Waals surface area contributed by atoms with Crippen LogP contribution in [0.4, 0.5) is 4.79 Å². The van der Waals surface area contributed by atoms with Crippen LogP contribution in [0.5, 0.6) is 0 Å². The van der Waals surface area contributed by atoms with Gasteiger partial charge in [-0.1, -0.05) is 60.2 Å². The molecule has 2 aromatic carbocycles. The van der Waals surface area contributed by atoms with E-state index in [0.29, 0.717) is 44.8 Å². The molecule has 0 radical (unpaired) electrons. The van der Waals surface area contributed by atoms with Crippen molar-refractivity contribution in [1.82, 2.24) is 4.90 Å². The Morgan fingerprint density at radius 1 is 1.02 bits per heavy atom. The van der Waals surface area contributed by atoms with Crippen LogP contribution in [0.25, 0.3) is 11.1 Å². The molecule has 1 aliphatic heterocycles. The number of furan rings is 1. The summed E-state index contributed by atoms with van der Waals surface area (Å²) in [6.07, 6.45) is 0.874. The van der Waals surface area contributed by atoms with Crippen LogP contribution < -0.4 is 0 Å². The number of rotatable bonds is 15. The summed E-state index contributed by atoms with van der Waals surface area (Å²) in [7, 11) is 0. The summed E-state index contributed by atoms with van der Waals surface area (Å²) in [5.74, 6) is -1.54. The highest BCUT2D eigenvalue weighted by atomic mass is 16.6. The summed E-state index contributed by atoms with van der Waals surface area (Å²) in [6, 6.07) is 18.6. The molecule has 0 aliphatic carbocycles. The van der Waals surface area contributed by atoms with Crippen LogP contribution in [0.3, 0.4) is 0 Å². The molecule has 1 N–H and O–H groups in total. The van der Waals surface area contributed by atoms with Crippen molar-refractivity contribution in [2.24, 2.45) is 5.92 Å². The monoisotopic (exact) mass is 563 g/mol. The van der Waals surface area contributed by atoms with Crippen molar-refractivity contribution in [3.63, 3.8) is 0 Å². The third kappa shape index (κ3) is 7.91. The van der Waals surface area contributed by atoms with Gasteiger partial charge in [-0.25, -0.2) is 9.69 Å². The minimum atomic E-state index is -1.13. The Hall–Kier alpha value is -3.79. The largest absolute Gasteiger partial charge is 0.457 e. The second-order valence-electron chi connectivity index (χ2n) is 10.1. The maximum Gasteiger partial charge on any atom is 0.417 e. The zero-order valence-corrected chi connectivity index (χ0v) is 23.5. The van der Waals surface area contributed by atoms with E-state index in [1.807, 2.05) is 61.5 Å². The second-order valence-corrected chi connectivity index (χ2v) is 10.1. The van der Waals surface area contributed by atoms with Crippen LogP contribution in [-0.2, 0) is 31.8 Å². The van der Waals surface area contributed by atoms with Gasteiger partial charge in [0.1, 0.15) is 18.3 Å². The standard InChI is InChI=1S/C32H37NO8/c1-22-8-6-11-25(18-22)27-20-29(41-28(27)12-7-14-38-16-17-39-15-13-34)30(35)23(2)31(36)33-26(21-40-32(33)37)19-24-9-4-3-5-10-24/h3-6,8-11,18,20,23,26,34H,7,12-17,19,21H2,1-2H3. The lowest BCUT2D eigenvalue weighted by atomic mass is 9.98. The van der Waals surface area contributed by atoms with E-state index in [-0.39, 0.29) is 25.6 Å². The number of hydrogen-bond acceptors (Lipinski definition) is 8. The fraction of sp³-hybridized carbons (Fsp3) is 0.406. The van der Waals surface area contributed by atoms with E-state index in [4.69, 9.17) is 23.7 Å². The van der Waals surface area contributed by atoms with E-state index >= 15 is 0 Å². The van der Waals surface area contributed by atoms with Crippen LogP contribution in [-0.4, -0.2) is 73.5 Å². The molecule has 3 aromatic rings. The fourth-order valence-electron chi connectivity index (χ4n) is 4.82. The molecule has 2 amide bonds. The van der Waals surface area contributed by atoms with E-state index in [9.17, 15) is 14.4 Å². The van der Waals surface area contributed by atoms with Gasteiger partial charge in [0.2, 0.25) is 11.7 Å². The number of imide groups is 1. The summed E-state index contributed by atoms with van der Waals surface area (Å²) >= 11 is 0. The summed E-state index contributed by atoms with van der Waals surface area (Å²) in [5, 5.41) is 8.77. The molecule has 2 heterocycles. The Bertz CT molecular complexity index is 1320. The van der Waals surface area contributed by atoms with Crippen molar-refractivity contribution in [2.45, 2.75) is 39.2 Å². The van der Waals surface area contributed by atoms with Crippen LogP contribution in [0.15, 0.2) is 65.1 Å². The number of nitrogens with zero attached hydrogens (tertiary/aromatic N) is 1. The van der Waals surface area contributed by atoms with Gasteiger partial charge in [0, 0.05) is 18.6 Å². The summed E-state index contributed by atoms with van der Waals surface area (Å²) in [5.41, 5.74) is 3.72. The minimum absolute atomic E-state index is 0.0259. The predicted molar refractivity (Wildman–Crippen MR) is 152 cm³/mol. The zero-order chi connectivity index (χ0) is 29.2. The lowest BCUT2D eigenvalue weighted by Crippen LogP contribution is -2.44. The Morgan fingerprint density at radius 3 is 2.51 bits per heavy atom. The molecule has 1 fully saturated rings. The maximum atomic E-state index is 13.5. The molecule has 218 valence electrons.